The minimum atomic E-state index is -0.651. The Morgan fingerprint density at radius 3 is 2.42 bits per heavy atom. The number of rotatable bonds is 12. The number of carbonyl (C=O) groups excluding carboxylic acids is 4. The van der Waals surface area contributed by atoms with Crippen molar-refractivity contribution in [3.05, 3.63) is 51.7 Å². The lowest BCUT2D eigenvalue weighted by Crippen LogP contribution is -2.25. The molecule has 2 aromatic heterocycles. The van der Waals surface area contributed by atoms with Crippen LogP contribution in [0.4, 0.5) is 5.00 Å². The van der Waals surface area contributed by atoms with E-state index in [9.17, 15) is 19.2 Å². The first-order valence-corrected chi connectivity index (χ1v) is 14.1. The third-order valence-electron chi connectivity index (χ3n) is 5.66. The van der Waals surface area contributed by atoms with E-state index in [1.54, 1.807) is 63.6 Å². The maximum Gasteiger partial charge on any atom is 0.348 e. The van der Waals surface area contributed by atoms with Gasteiger partial charge in [-0.25, -0.2) is 9.59 Å². The van der Waals surface area contributed by atoms with Gasteiger partial charge < -0.3 is 29.4 Å². The predicted octanol–water partition coefficient (Wildman–Crippen LogP) is 3.60. The first kappa shape index (κ1) is 30.6. The summed E-state index contributed by atoms with van der Waals surface area (Å²) in [5.41, 5.74) is 0.891. The Bertz CT molecular complexity index is 1400. The molecule has 0 spiro atoms. The molecular formula is C26H31N5O7S2. The number of thioether (sulfide) groups is 1. The molecule has 2 heterocycles. The van der Waals surface area contributed by atoms with Gasteiger partial charge in [0.05, 0.1) is 43.2 Å². The number of carbonyl (C=O) groups is 4. The molecule has 0 unspecified atom stereocenters. The molecular weight excluding hydrogens is 558 g/mol. The lowest BCUT2D eigenvalue weighted by molar-refractivity contribution is -0.115. The van der Waals surface area contributed by atoms with Gasteiger partial charge in [0.25, 0.3) is 5.91 Å². The van der Waals surface area contributed by atoms with Gasteiger partial charge in [-0.05, 0) is 45.4 Å². The van der Waals surface area contributed by atoms with Gasteiger partial charge in [0.2, 0.25) is 5.91 Å². The molecule has 3 aromatic rings. The molecule has 0 radical (unpaired) electrons. The first-order valence-electron chi connectivity index (χ1n) is 12.4. The van der Waals surface area contributed by atoms with Crippen molar-refractivity contribution in [2.75, 3.05) is 25.6 Å². The average molecular weight is 590 g/mol. The van der Waals surface area contributed by atoms with Crippen molar-refractivity contribution in [3.63, 3.8) is 0 Å². The maximum atomic E-state index is 13.1. The zero-order valence-electron chi connectivity index (χ0n) is 23.0. The highest BCUT2D eigenvalue weighted by Crippen LogP contribution is 2.35. The smallest absolute Gasteiger partial charge is 0.348 e. The summed E-state index contributed by atoms with van der Waals surface area (Å²) in [5.74, 6) is -1.03. The minimum absolute atomic E-state index is 0.107. The maximum absolute atomic E-state index is 13.1. The van der Waals surface area contributed by atoms with Gasteiger partial charge in [0, 0.05) is 7.05 Å². The Kier molecular flexibility index (Phi) is 10.7. The lowest BCUT2D eigenvalue weighted by atomic mass is 10.1. The van der Waals surface area contributed by atoms with Crippen LogP contribution in [-0.4, -0.2) is 64.1 Å². The van der Waals surface area contributed by atoms with Crippen molar-refractivity contribution in [2.24, 2.45) is 7.05 Å². The van der Waals surface area contributed by atoms with Gasteiger partial charge >= 0.3 is 11.9 Å². The lowest BCUT2D eigenvalue weighted by Gasteiger charge is -2.12. The van der Waals surface area contributed by atoms with Gasteiger partial charge in [-0.1, -0.05) is 23.9 Å². The third-order valence-corrected chi connectivity index (χ3v) is 7.98. The van der Waals surface area contributed by atoms with Crippen LogP contribution in [0.2, 0.25) is 0 Å². The fourth-order valence-electron chi connectivity index (χ4n) is 3.56. The molecule has 3 rings (SSSR count). The number of ether oxygens (including phenoxy) is 3. The van der Waals surface area contributed by atoms with Gasteiger partial charge in [0.1, 0.15) is 15.6 Å². The fraction of sp³-hybridized carbons (Fsp3) is 0.385. The number of methoxy groups -OCH3 is 1. The van der Waals surface area contributed by atoms with Crippen molar-refractivity contribution in [3.8, 4) is 5.75 Å². The highest BCUT2D eigenvalue weighted by Gasteiger charge is 2.29. The van der Waals surface area contributed by atoms with Crippen LogP contribution in [0.1, 0.15) is 62.5 Å². The number of benzene rings is 1. The van der Waals surface area contributed by atoms with Gasteiger partial charge in [0.15, 0.2) is 11.0 Å². The number of hydrogen-bond donors (Lipinski definition) is 2. The van der Waals surface area contributed by atoms with Gasteiger partial charge in [-0.2, -0.15) is 0 Å². The van der Waals surface area contributed by atoms with Crippen molar-refractivity contribution in [2.45, 2.75) is 44.6 Å². The first-order chi connectivity index (χ1) is 19.1. The Labute approximate surface area is 239 Å². The SMILES string of the molecule is CCOC(=O)c1sc(NC(=O)[C@@H](C)Sc2nnc(CNC(=O)c3ccccc3OC)n2C)c(C(=O)OCC)c1C. The summed E-state index contributed by atoms with van der Waals surface area (Å²) in [5, 5.41) is 13.8. The van der Waals surface area contributed by atoms with Crippen molar-refractivity contribution < 1.29 is 33.4 Å². The molecule has 1 aromatic carbocycles. The van der Waals surface area contributed by atoms with Crippen LogP contribution >= 0.6 is 23.1 Å². The Balaban J connectivity index is 1.70. The molecule has 0 saturated heterocycles. The van der Waals surface area contributed by atoms with E-state index in [4.69, 9.17) is 14.2 Å². The molecule has 0 fully saturated rings. The molecule has 0 aliphatic carbocycles. The predicted molar refractivity (Wildman–Crippen MR) is 150 cm³/mol. The van der Waals surface area contributed by atoms with Crippen LogP contribution in [0.3, 0.4) is 0 Å². The molecule has 0 saturated carbocycles. The molecule has 2 amide bonds. The van der Waals surface area contributed by atoms with E-state index < -0.39 is 23.1 Å². The Morgan fingerprint density at radius 2 is 1.75 bits per heavy atom. The van der Waals surface area contributed by atoms with Crippen LogP contribution in [0.25, 0.3) is 0 Å². The summed E-state index contributed by atoms with van der Waals surface area (Å²) >= 11 is 2.11. The number of nitrogens with one attached hydrogen (secondary N) is 2. The van der Waals surface area contributed by atoms with E-state index in [0.29, 0.717) is 27.9 Å². The average Bonchev–Trinajstić information content (AvgIpc) is 3.45. The number of nitrogens with zero attached hydrogens (tertiary/aromatic N) is 3. The molecule has 0 aliphatic rings. The molecule has 214 valence electrons. The fourth-order valence-corrected chi connectivity index (χ4v) is 5.48. The summed E-state index contributed by atoms with van der Waals surface area (Å²) in [6.07, 6.45) is 0. The largest absolute Gasteiger partial charge is 0.496 e. The van der Waals surface area contributed by atoms with Crippen LogP contribution in [0.5, 0.6) is 5.75 Å². The zero-order chi connectivity index (χ0) is 29.4. The molecule has 0 aliphatic heterocycles. The summed E-state index contributed by atoms with van der Waals surface area (Å²) < 4.78 is 17.1. The highest BCUT2D eigenvalue weighted by atomic mass is 32.2. The number of amides is 2. The zero-order valence-corrected chi connectivity index (χ0v) is 24.7. The van der Waals surface area contributed by atoms with Gasteiger partial charge in [-0.3, -0.25) is 9.59 Å². The van der Waals surface area contributed by atoms with Crippen LogP contribution in [-0.2, 0) is 27.9 Å². The second-order valence-electron chi connectivity index (χ2n) is 8.29. The van der Waals surface area contributed by atoms with E-state index in [1.807, 2.05) is 0 Å². The van der Waals surface area contributed by atoms with E-state index in [-0.39, 0.29) is 41.1 Å². The monoisotopic (exact) mass is 589 g/mol. The normalized spacial score (nSPS) is 11.4. The number of para-hydroxylation sites is 1. The van der Waals surface area contributed by atoms with E-state index in [2.05, 4.69) is 20.8 Å². The minimum Gasteiger partial charge on any atom is -0.496 e. The number of thiophene rings is 1. The molecule has 12 nitrogen and oxygen atoms in total. The second kappa shape index (κ2) is 13.9. The van der Waals surface area contributed by atoms with Crippen molar-refractivity contribution in [1.82, 2.24) is 20.1 Å². The number of aromatic nitrogens is 3. The third kappa shape index (κ3) is 6.99. The van der Waals surface area contributed by atoms with Crippen molar-refractivity contribution in [1.29, 1.82) is 0 Å². The topological polar surface area (TPSA) is 151 Å². The van der Waals surface area contributed by atoms with Gasteiger partial charge in [-0.15, -0.1) is 21.5 Å². The van der Waals surface area contributed by atoms with E-state index in [0.717, 1.165) is 23.1 Å². The summed E-state index contributed by atoms with van der Waals surface area (Å²) in [6, 6.07) is 6.87. The number of hydrogen-bond acceptors (Lipinski definition) is 11. The quantitative estimate of drug-likeness (QED) is 0.237. The molecule has 2 N–H and O–H groups in total. The van der Waals surface area contributed by atoms with Crippen LogP contribution in [0.15, 0.2) is 29.4 Å². The Morgan fingerprint density at radius 1 is 1.07 bits per heavy atom. The summed E-state index contributed by atoms with van der Waals surface area (Å²) in [6.45, 7) is 7.05. The summed E-state index contributed by atoms with van der Waals surface area (Å²) in [7, 11) is 3.22. The van der Waals surface area contributed by atoms with Crippen LogP contribution < -0.4 is 15.4 Å². The molecule has 40 heavy (non-hydrogen) atoms. The molecule has 14 heteroatoms. The second-order valence-corrected chi connectivity index (χ2v) is 10.6. The highest BCUT2D eigenvalue weighted by molar-refractivity contribution is 8.00. The number of anilines is 1. The van der Waals surface area contributed by atoms with E-state index >= 15 is 0 Å². The Hall–Kier alpha value is -3.91. The molecule has 1 atom stereocenters. The summed E-state index contributed by atoms with van der Waals surface area (Å²) in [4.78, 5) is 50.9. The number of esters is 2. The molecule has 0 bridgehead atoms. The van der Waals surface area contributed by atoms with E-state index in [1.165, 1.54) is 7.11 Å². The van der Waals surface area contributed by atoms with Crippen LogP contribution in [0, 0.1) is 6.92 Å². The standard InChI is InChI=1S/C26H31N5O7S2/c1-7-37-24(34)19-14(3)20(25(35)38-8-2)40-23(19)28-21(32)15(4)39-26-30-29-18(31(26)5)13-27-22(33)16-11-9-10-12-17(16)36-6/h9-12,15H,7-8,13H2,1-6H3,(H,27,33)(H,28,32)/t15-/m1/s1. The van der Waals surface area contributed by atoms with Crippen molar-refractivity contribution >= 4 is 51.9 Å².